The Balaban J connectivity index is 0.00000256. The molecule has 4 nitrogen and oxygen atoms in total. The van der Waals surface area contributed by atoms with Crippen LogP contribution in [0.25, 0.3) is 0 Å². The van der Waals surface area contributed by atoms with E-state index in [0.29, 0.717) is 29.9 Å². The maximum atomic E-state index is 13.4. The summed E-state index contributed by atoms with van der Waals surface area (Å²) in [5, 5.41) is 11.8. The number of benzene rings is 1. The number of ether oxygens (including phenoxy) is 1. The number of hydrogen-bond donors (Lipinski definition) is 1. The number of carbonyl (C=O) groups is 1. The van der Waals surface area contributed by atoms with Gasteiger partial charge in [0.15, 0.2) is 5.60 Å². The van der Waals surface area contributed by atoms with Crippen molar-refractivity contribution in [2.75, 3.05) is 33.8 Å². The summed E-state index contributed by atoms with van der Waals surface area (Å²) in [6.07, 6.45) is 8.81. The molecular weight excluding hydrogens is 489 g/mol. The van der Waals surface area contributed by atoms with Crippen molar-refractivity contribution in [3.05, 3.63) is 35.9 Å². The number of esters is 1. The summed E-state index contributed by atoms with van der Waals surface area (Å²) in [7, 11) is 4.63. The molecule has 3 atom stereocenters. The quantitative estimate of drug-likeness (QED) is 0.271. The zero-order valence-electron chi connectivity index (χ0n) is 18.6. The molecule has 0 aromatic heterocycles. The van der Waals surface area contributed by atoms with Crippen LogP contribution in [0.15, 0.2) is 30.3 Å². The standard InChI is InChI=1S/C25H38NO3.HI/c1-26(2)16-19-14-15-20(17-26)23(19)18-29-24(27)25(28,22-12-8-5-9-13-22)21-10-6-3-4-7-11-21;/h5,8-9,12-13,19-21,23,28H,3-4,6-7,10-11,14-18H2,1-2H3;1H/q+1;/p-1. The number of nitrogens with zero attached hydrogens (tertiary/aromatic N) is 1. The van der Waals surface area contributed by atoms with Crippen LogP contribution in [0.1, 0.15) is 56.9 Å². The number of carbonyl (C=O) groups excluding carboxylic acids is 1. The first-order valence-corrected chi connectivity index (χ1v) is 11.7. The molecule has 1 saturated heterocycles. The van der Waals surface area contributed by atoms with E-state index >= 15 is 0 Å². The van der Waals surface area contributed by atoms with Gasteiger partial charge in [0.05, 0.1) is 33.8 Å². The van der Waals surface area contributed by atoms with Crippen LogP contribution in [0.3, 0.4) is 0 Å². The van der Waals surface area contributed by atoms with Crippen LogP contribution in [0.2, 0.25) is 0 Å². The minimum atomic E-state index is -1.52. The highest BCUT2D eigenvalue weighted by Crippen LogP contribution is 2.44. The Morgan fingerprint density at radius 3 is 2.13 bits per heavy atom. The van der Waals surface area contributed by atoms with E-state index in [-0.39, 0.29) is 29.9 Å². The summed E-state index contributed by atoms with van der Waals surface area (Å²) in [6, 6.07) is 9.52. The Morgan fingerprint density at radius 1 is 1.00 bits per heavy atom. The van der Waals surface area contributed by atoms with Gasteiger partial charge >= 0.3 is 5.97 Å². The van der Waals surface area contributed by atoms with Crippen molar-refractivity contribution in [2.45, 2.75) is 57.0 Å². The minimum Gasteiger partial charge on any atom is -1.00 e. The lowest BCUT2D eigenvalue weighted by Crippen LogP contribution is -3.00. The molecule has 1 aliphatic heterocycles. The van der Waals surface area contributed by atoms with Gasteiger partial charge < -0.3 is 38.3 Å². The molecule has 3 aliphatic rings. The molecule has 1 N–H and O–H groups in total. The highest BCUT2D eigenvalue weighted by molar-refractivity contribution is 5.81. The molecule has 4 rings (SSSR count). The SMILES string of the molecule is C[N+]1(C)CC2CCC(C1)C2COC(=O)C(O)(c1ccccc1)C1CCCCCC1.[I-]. The van der Waals surface area contributed by atoms with Crippen molar-refractivity contribution in [2.24, 2.45) is 23.7 Å². The average Bonchev–Trinajstić information content (AvgIpc) is 2.90. The monoisotopic (exact) mass is 527 g/mol. The number of aliphatic hydroxyl groups is 1. The van der Waals surface area contributed by atoms with Gasteiger partial charge in [0.2, 0.25) is 0 Å². The summed E-state index contributed by atoms with van der Waals surface area (Å²) in [4.78, 5) is 13.4. The number of likely N-dealkylation sites (tertiary alicyclic amines) is 1. The van der Waals surface area contributed by atoms with Crippen LogP contribution in [-0.2, 0) is 15.1 Å². The van der Waals surface area contributed by atoms with E-state index in [1.165, 1.54) is 38.8 Å². The lowest BCUT2D eigenvalue weighted by Gasteiger charge is -2.42. The Bertz CT molecular complexity index is 686. The summed E-state index contributed by atoms with van der Waals surface area (Å²) < 4.78 is 7.03. The van der Waals surface area contributed by atoms with Crippen LogP contribution in [0, 0.1) is 23.7 Å². The van der Waals surface area contributed by atoms with E-state index in [0.717, 1.165) is 30.2 Å². The average molecular weight is 527 g/mol. The Morgan fingerprint density at radius 2 is 1.57 bits per heavy atom. The summed E-state index contributed by atoms with van der Waals surface area (Å²) in [6.45, 7) is 2.81. The van der Waals surface area contributed by atoms with Gasteiger partial charge in [0, 0.05) is 23.7 Å². The van der Waals surface area contributed by atoms with E-state index < -0.39 is 11.6 Å². The molecule has 3 unspecified atom stereocenters. The number of halogens is 1. The highest BCUT2D eigenvalue weighted by Gasteiger charge is 2.50. The third kappa shape index (κ3) is 4.88. The topological polar surface area (TPSA) is 46.5 Å². The van der Waals surface area contributed by atoms with Crippen molar-refractivity contribution in [3.8, 4) is 0 Å². The molecule has 0 amide bonds. The zero-order valence-corrected chi connectivity index (χ0v) is 20.7. The van der Waals surface area contributed by atoms with Gasteiger partial charge in [-0.15, -0.1) is 0 Å². The Labute approximate surface area is 199 Å². The predicted octanol–water partition coefficient (Wildman–Crippen LogP) is 1.12. The molecule has 5 heteroatoms. The number of rotatable bonds is 5. The number of quaternary nitrogens is 1. The molecule has 2 aliphatic carbocycles. The molecule has 1 heterocycles. The maximum absolute atomic E-state index is 13.4. The number of hydrogen-bond acceptors (Lipinski definition) is 3. The molecule has 0 spiro atoms. The molecule has 2 bridgehead atoms. The van der Waals surface area contributed by atoms with Gasteiger partial charge in [0.25, 0.3) is 0 Å². The second-order valence-corrected chi connectivity index (χ2v) is 10.5. The fourth-order valence-electron chi connectivity index (χ4n) is 6.50. The summed E-state index contributed by atoms with van der Waals surface area (Å²) in [5.41, 5.74) is -0.824. The van der Waals surface area contributed by atoms with E-state index in [9.17, 15) is 9.90 Å². The van der Waals surface area contributed by atoms with Gasteiger partial charge in [-0.3, -0.25) is 0 Å². The van der Waals surface area contributed by atoms with Crippen LogP contribution >= 0.6 is 0 Å². The summed E-state index contributed by atoms with van der Waals surface area (Å²) in [5.74, 6) is 1.26. The van der Waals surface area contributed by atoms with E-state index in [2.05, 4.69) is 14.1 Å². The largest absolute Gasteiger partial charge is 1.00 e. The Kier molecular flexibility index (Phi) is 7.89. The van der Waals surface area contributed by atoms with Crippen LogP contribution < -0.4 is 24.0 Å². The van der Waals surface area contributed by atoms with Crippen molar-refractivity contribution < 1.29 is 43.1 Å². The van der Waals surface area contributed by atoms with Crippen LogP contribution in [0.4, 0.5) is 0 Å². The highest BCUT2D eigenvalue weighted by atomic mass is 127. The van der Waals surface area contributed by atoms with Gasteiger partial charge in [-0.2, -0.15) is 0 Å². The minimum absolute atomic E-state index is 0. The van der Waals surface area contributed by atoms with Gasteiger partial charge in [-0.25, -0.2) is 4.79 Å². The van der Waals surface area contributed by atoms with Crippen LogP contribution in [0.5, 0.6) is 0 Å². The van der Waals surface area contributed by atoms with E-state index in [1.54, 1.807) is 0 Å². The first-order valence-electron chi connectivity index (χ1n) is 11.7. The van der Waals surface area contributed by atoms with Crippen molar-refractivity contribution in [3.63, 3.8) is 0 Å². The first-order chi connectivity index (χ1) is 13.9. The normalized spacial score (nSPS) is 30.6. The molecular formula is C25H38INO3. The third-order valence-corrected chi connectivity index (χ3v) is 7.95. The lowest BCUT2D eigenvalue weighted by molar-refractivity contribution is -0.902. The number of piperidine rings is 1. The second kappa shape index (κ2) is 9.86. The first kappa shape index (κ1) is 24.0. The Hall–Kier alpha value is -0.660. The molecule has 168 valence electrons. The zero-order chi connectivity index (χ0) is 20.5. The molecule has 2 saturated carbocycles. The van der Waals surface area contributed by atoms with Crippen molar-refractivity contribution in [1.29, 1.82) is 0 Å². The maximum Gasteiger partial charge on any atom is 0.343 e. The van der Waals surface area contributed by atoms with Gasteiger partial charge in [0.1, 0.15) is 0 Å². The molecule has 0 radical (unpaired) electrons. The third-order valence-electron chi connectivity index (χ3n) is 7.95. The van der Waals surface area contributed by atoms with Crippen molar-refractivity contribution >= 4 is 5.97 Å². The van der Waals surface area contributed by atoms with Crippen LogP contribution in [-0.4, -0.2) is 49.4 Å². The van der Waals surface area contributed by atoms with Gasteiger partial charge in [-0.1, -0.05) is 56.0 Å². The van der Waals surface area contributed by atoms with Crippen molar-refractivity contribution in [1.82, 2.24) is 0 Å². The lowest BCUT2D eigenvalue weighted by atomic mass is 9.77. The second-order valence-electron chi connectivity index (χ2n) is 10.5. The number of fused-ring (bicyclic) bond motifs is 2. The van der Waals surface area contributed by atoms with Gasteiger partial charge in [-0.05, 0) is 31.2 Å². The molecule has 1 aromatic carbocycles. The fourth-order valence-corrected chi connectivity index (χ4v) is 6.50. The molecule has 1 aromatic rings. The van der Waals surface area contributed by atoms with E-state index in [1.807, 2.05) is 30.3 Å². The molecule has 3 fully saturated rings. The predicted molar refractivity (Wildman–Crippen MR) is 114 cm³/mol. The fraction of sp³-hybridized carbons (Fsp3) is 0.720. The molecule has 30 heavy (non-hydrogen) atoms. The summed E-state index contributed by atoms with van der Waals surface area (Å²) >= 11 is 0. The van der Waals surface area contributed by atoms with E-state index in [4.69, 9.17) is 4.74 Å². The smallest absolute Gasteiger partial charge is 0.343 e.